The van der Waals surface area contributed by atoms with Gasteiger partial charge < -0.3 is 5.73 Å². The SMILES string of the molecule is CCC(CC)(CNS(=O)(=O)c1c(C)ccc(N)c1C)SC. The zero-order valence-electron chi connectivity index (χ0n) is 13.5. The van der Waals surface area contributed by atoms with Crippen LogP contribution < -0.4 is 10.5 Å². The number of thioether (sulfide) groups is 1. The van der Waals surface area contributed by atoms with Crippen molar-refractivity contribution in [2.24, 2.45) is 0 Å². The van der Waals surface area contributed by atoms with Gasteiger partial charge in [-0.25, -0.2) is 13.1 Å². The van der Waals surface area contributed by atoms with Crippen LogP contribution in [-0.4, -0.2) is 26.0 Å². The summed E-state index contributed by atoms with van der Waals surface area (Å²) < 4.78 is 28.0. The Morgan fingerprint density at radius 1 is 1.24 bits per heavy atom. The van der Waals surface area contributed by atoms with Gasteiger partial charge in [-0.15, -0.1) is 0 Å². The molecule has 120 valence electrons. The van der Waals surface area contributed by atoms with E-state index in [0.717, 1.165) is 18.4 Å². The normalized spacial score (nSPS) is 12.6. The van der Waals surface area contributed by atoms with Crippen LogP contribution in [0.4, 0.5) is 5.69 Å². The van der Waals surface area contributed by atoms with Gasteiger partial charge in [0.25, 0.3) is 0 Å². The molecule has 0 radical (unpaired) electrons. The molecule has 1 rings (SSSR count). The minimum absolute atomic E-state index is 0.0603. The van der Waals surface area contributed by atoms with E-state index >= 15 is 0 Å². The van der Waals surface area contributed by atoms with Crippen molar-refractivity contribution in [2.75, 3.05) is 18.5 Å². The lowest BCUT2D eigenvalue weighted by Gasteiger charge is -2.30. The molecule has 0 fully saturated rings. The van der Waals surface area contributed by atoms with E-state index in [9.17, 15) is 8.42 Å². The van der Waals surface area contributed by atoms with Crippen molar-refractivity contribution in [2.45, 2.75) is 50.2 Å². The molecule has 0 heterocycles. The molecule has 0 aromatic heterocycles. The van der Waals surface area contributed by atoms with Crippen LogP contribution in [0, 0.1) is 13.8 Å². The molecule has 3 N–H and O–H groups in total. The summed E-state index contributed by atoms with van der Waals surface area (Å²) in [5.41, 5.74) is 7.69. The van der Waals surface area contributed by atoms with E-state index in [-0.39, 0.29) is 4.75 Å². The molecule has 0 bridgehead atoms. The van der Waals surface area contributed by atoms with Crippen LogP contribution in [-0.2, 0) is 10.0 Å². The molecule has 21 heavy (non-hydrogen) atoms. The lowest BCUT2D eigenvalue weighted by molar-refractivity contribution is 0.521. The smallest absolute Gasteiger partial charge is 0.241 e. The second-order valence-corrected chi connectivity index (χ2v) is 8.32. The Balaban J connectivity index is 3.12. The van der Waals surface area contributed by atoms with E-state index in [4.69, 9.17) is 5.73 Å². The Morgan fingerprint density at radius 3 is 2.29 bits per heavy atom. The summed E-state index contributed by atoms with van der Waals surface area (Å²) in [4.78, 5) is 0.310. The minimum atomic E-state index is -3.55. The maximum Gasteiger partial charge on any atom is 0.241 e. The lowest BCUT2D eigenvalue weighted by atomic mass is 10.0. The van der Waals surface area contributed by atoms with Crippen LogP contribution in [0.15, 0.2) is 17.0 Å². The molecule has 1 aromatic rings. The number of nitrogens with one attached hydrogen (secondary N) is 1. The fraction of sp³-hybridized carbons (Fsp3) is 0.600. The van der Waals surface area contributed by atoms with Crippen LogP contribution in [0.3, 0.4) is 0 Å². The highest BCUT2D eigenvalue weighted by Gasteiger charge is 2.29. The van der Waals surface area contributed by atoms with E-state index in [0.29, 0.717) is 22.7 Å². The first-order valence-corrected chi connectivity index (χ1v) is 9.84. The standard InChI is InChI=1S/C15H26N2O2S2/c1-6-15(7-2,20-5)10-17-21(18,19)14-11(3)8-9-13(16)12(14)4/h8-9,17H,6-7,10,16H2,1-5H3. The number of benzene rings is 1. The van der Waals surface area contributed by atoms with E-state index in [1.165, 1.54) is 0 Å². The summed E-state index contributed by atoms with van der Waals surface area (Å²) in [6.45, 7) is 8.15. The van der Waals surface area contributed by atoms with Crippen LogP contribution >= 0.6 is 11.8 Å². The fourth-order valence-corrected chi connectivity index (χ4v) is 4.92. The summed E-state index contributed by atoms with van der Waals surface area (Å²) >= 11 is 1.71. The third kappa shape index (κ3) is 3.93. The highest BCUT2D eigenvalue weighted by atomic mass is 32.2. The molecule has 0 atom stereocenters. The fourth-order valence-electron chi connectivity index (χ4n) is 2.42. The number of nitrogens with two attached hydrogens (primary N) is 1. The predicted octanol–water partition coefficient (Wildman–Crippen LogP) is 3.09. The number of anilines is 1. The Bertz CT molecular complexity index is 586. The number of aryl methyl sites for hydroxylation is 1. The molecule has 6 heteroatoms. The second-order valence-electron chi connectivity index (χ2n) is 5.34. The van der Waals surface area contributed by atoms with Gasteiger partial charge in [-0.05, 0) is 50.1 Å². The molecule has 0 aliphatic heterocycles. The van der Waals surface area contributed by atoms with Gasteiger partial charge in [0.1, 0.15) is 0 Å². The Labute approximate surface area is 132 Å². The first-order valence-electron chi connectivity index (χ1n) is 7.13. The lowest BCUT2D eigenvalue weighted by Crippen LogP contribution is -2.40. The van der Waals surface area contributed by atoms with Crippen LogP contribution in [0.5, 0.6) is 0 Å². The second kappa shape index (κ2) is 7.03. The first kappa shape index (κ1) is 18.3. The maximum atomic E-state index is 12.6. The average molecular weight is 331 g/mol. The summed E-state index contributed by atoms with van der Waals surface area (Å²) in [5.74, 6) is 0. The minimum Gasteiger partial charge on any atom is -0.398 e. The molecule has 0 aliphatic rings. The average Bonchev–Trinajstić information content (AvgIpc) is 2.45. The van der Waals surface area contributed by atoms with Crippen molar-refractivity contribution in [3.05, 3.63) is 23.3 Å². The summed E-state index contributed by atoms with van der Waals surface area (Å²) in [6.07, 6.45) is 3.86. The van der Waals surface area contributed by atoms with Crippen molar-refractivity contribution in [3.63, 3.8) is 0 Å². The number of nitrogen functional groups attached to an aromatic ring is 1. The van der Waals surface area contributed by atoms with Crippen molar-refractivity contribution in [1.29, 1.82) is 0 Å². The first-order chi connectivity index (χ1) is 9.73. The monoisotopic (exact) mass is 330 g/mol. The van der Waals surface area contributed by atoms with E-state index in [2.05, 4.69) is 18.6 Å². The maximum absolute atomic E-state index is 12.6. The van der Waals surface area contributed by atoms with E-state index in [1.807, 2.05) is 6.26 Å². The summed E-state index contributed by atoms with van der Waals surface area (Å²) in [6, 6.07) is 3.49. The number of rotatable bonds is 7. The number of hydrogen-bond acceptors (Lipinski definition) is 4. The molecule has 0 spiro atoms. The van der Waals surface area contributed by atoms with Gasteiger partial charge in [-0.1, -0.05) is 19.9 Å². The van der Waals surface area contributed by atoms with Crippen LogP contribution in [0.1, 0.15) is 37.8 Å². The largest absolute Gasteiger partial charge is 0.398 e. The number of hydrogen-bond donors (Lipinski definition) is 2. The highest BCUT2D eigenvalue weighted by molar-refractivity contribution is 8.00. The van der Waals surface area contributed by atoms with Crippen molar-refractivity contribution >= 4 is 27.5 Å². The third-order valence-corrected chi connectivity index (χ3v) is 7.50. The Kier molecular flexibility index (Phi) is 6.13. The summed E-state index contributed by atoms with van der Waals surface area (Å²) in [7, 11) is -3.55. The van der Waals surface area contributed by atoms with Crippen molar-refractivity contribution in [1.82, 2.24) is 4.72 Å². The van der Waals surface area contributed by atoms with E-state index < -0.39 is 10.0 Å². The molecular formula is C15H26N2O2S2. The topological polar surface area (TPSA) is 72.2 Å². The molecule has 0 saturated heterocycles. The predicted molar refractivity (Wildman–Crippen MR) is 92.3 cm³/mol. The molecule has 0 unspecified atom stereocenters. The zero-order chi connectivity index (χ0) is 16.3. The molecule has 0 amide bonds. The van der Waals surface area contributed by atoms with E-state index in [1.54, 1.807) is 37.7 Å². The van der Waals surface area contributed by atoms with Gasteiger partial charge in [-0.2, -0.15) is 11.8 Å². The third-order valence-electron chi connectivity index (χ3n) is 4.22. The molecule has 0 aliphatic carbocycles. The highest BCUT2D eigenvalue weighted by Crippen LogP contribution is 2.31. The number of sulfonamides is 1. The van der Waals surface area contributed by atoms with Crippen molar-refractivity contribution < 1.29 is 8.42 Å². The molecular weight excluding hydrogens is 304 g/mol. The van der Waals surface area contributed by atoms with Gasteiger partial charge in [0.2, 0.25) is 10.0 Å². The molecule has 4 nitrogen and oxygen atoms in total. The van der Waals surface area contributed by atoms with Crippen LogP contribution in [0.2, 0.25) is 0 Å². The zero-order valence-corrected chi connectivity index (χ0v) is 15.1. The quantitative estimate of drug-likeness (QED) is 0.754. The van der Waals surface area contributed by atoms with Crippen LogP contribution in [0.25, 0.3) is 0 Å². The summed E-state index contributed by atoms with van der Waals surface area (Å²) in [5, 5.41) is 0. The van der Waals surface area contributed by atoms with Crippen molar-refractivity contribution in [3.8, 4) is 0 Å². The van der Waals surface area contributed by atoms with Gasteiger partial charge in [0, 0.05) is 17.0 Å². The Morgan fingerprint density at radius 2 is 1.81 bits per heavy atom. The van der Waals surface area contributed by atoms with Gasteiger partial charge in [-0.3, -0.25) is 0 Å². The van der Waals surface area contributed by atoms with Gasteiger partial charge >= 0.3 is 0 Å². The van der Waals surface area contributed by atoms with Gasteiger partial charge in [0.05, 0.1) is 4.90 Å². The molecule has 1 aromatic carbocycles. The van der Waals surface area contributed by atoms with Gasteiger partial charge in [0.15, 0.2) is 0 Å². The Hall–Kier alpha value is -0.720. The molecule has 0 saturated carbocycles.